The van der Waals surface area contributed by atoms with Gasteiger partial charge < -0.3 is 9.32 Å². The quantitative estimate of drug-likeness (QED) is 0.166. The molecular weight excluding hydrogens is 739 g/mol. The van der Waals surface area contributed by atoms with E-state index < -0.39 is 5.41 Å². The highest BCUT2D eigenvalue weighted by Crippen LogP contribution is 2.63. The summed E-state index contributed by atoms with van der Waals surface area (Å²) in [4.78, 5) is 2.49. The smallest absolute Gasteiger partial charge is 0.137 e. The summed E-state index contributed by atoms with van der Waals surface area (Å²) in [6.07, 6.45) is 0. The minimum Gasteiger partial charge on any atom is -0.456 e. The molecule has 0 saturated heterocycles. The Hall–Kier alpha value is -7.94. The minimum atomic E-state index is -0.468. The number of rotatable bonds is 3. The zero-order valence-electron chi connectivity index (χ0n) is 33.1. The predicted octanol–water partition coefficient (Wildman–Crippen LogP) is 16.0. The molecule has 0 bridgehead atoms. The molecule has 2 nitrogen and oxygen atoms in total. The summed E-state index contributed by atoms with van der Waals surface area (Å²) in [6.45, 7) is 0. The van der Waals surface area contributed by atoms with Gasteiger partial charge in [-0.2, -0.15) is 0 Å². The molecule has 0 amide bonds. The van der Waals surface area contributed by atoms with Crippen LogP contribution in [0.3, 0.4) is 0 Å². The lowest BCUT2D eigenvalue weighted by molar-refractivity contribution is 0.669. The minimum absolute atomic E-state index is 0.468. The second kappa shape index (κ2) is 12.1. The van der Waals surface area contributed by atoms with Crippen LogP contribution in [0.1, 0.15) is 22.3 Å². The summed E-state index contributed by atoms with van der Waals surface area (Å²) in [6, 6.07) is 78.8. The molecular formula is C59H35NO. The van der Waals surface area contributed by atoms with Crippen LogP contribution in [-0.4, -0.2) is 0 Å². The van der Waals surface area contributed by atoms with Gasteiger partial charge >= 0.3 is 0 Å². The van der Waals surface area contributed by atoms with Crippen LogP contribution in [0.4, 0.5) is 17.1 Å². The number of para-hydroxylation sites is 1. The highest BCUT2D eigenvalue weighted by atomic mass is 16.3. The van der Waals surface area contributed by atoms with Crippen LogP contribution in [0, 0.1) is 0 Å². The van der Waals surface area contributed by atoms with E-state index >= 15 is 0 Å². The average Bonchev–Trinajstić information content (AvgIpc) is 3.95. The second-order valence-corrected chi connectivity index (χ2v) is 16.7. The highest BCUT2D eigenvalue weighted by Gasteiger charge is 2.51. The first-order valence-corrected chi connectivity index (χ1v) is 21.2. The van der Waals surface area contributed by atoms with E-state index in [-0.39, 0.29) is 0 Å². The molecule has 2 aliphatic carbocycles. The first-order valence-electron chi connectivity index (χ1n) is 21.2. The molecule has 12 aromatic rings. The molecule has 0 saturated carbocycles. The fourth-order valence-corrected chi connectivity index (χ4v) is 11.4. The SMILES string of the molecule is c1ccc2c(c1)-c1ccccc1C21c2ccccc2-c2ccc(N(c3ccc4c(c3)oc3ccccc34)c3cc4ccc5ccccc5c4c4c3ccc3ccccc34)cc21. The van der Waals surface area contributed by atoms with Crippen LogP contribution < -0.4 is 4.90 Å². The Morgan fingerprint density at radius 1 is 0.311 bits per heavy atom. The maximum Gasteiger partial charge on any atom is 0.137 e. The van der Waals surface area contributed by atoms with Crippen molar-refractivity contribution in [2.75, 3.05) is 4.90 Å². The zero-order valence-corrected chi connectivity index (χ0v) is 33.1. The Morgan fingerprint density at radius 2 is 0.803 bits per heavy atom. The van der Waals surface area contributed by atoms with Crippen LogP contribution in [0.5, 0.6) is 0 Å². The van der Waals surface area contributed by atoms with Gasteiger partial charge in [0.2, 0.25) is 0 Å². The number of fused-ring (bicyclic) bond motifs is 20. The molecule has 14 rings (SSSR count). The van der Waals surface area contributed by atoms with E-state index in [1.165, 1.54) is 87.6 Å². The molecule has 61 heavy (non-hydrogen) atoms. The topological polar surface area (TPSA) is 16.4 Å². The van der Waals surface area contributed by atoms with Crippen molar-refractivity contribution < 1.29 is 4.42 Å². The van der Waals surface area contributed by atoms with Crippen molar-refractivity contribution in [1.29, 1.82) is 0 Å². The predicted molar refractivity (Wildman–Crippen MR) is 255 cm³/mol. The number of anilines is 3. The molecule has 282 valence electrons. The van der Waals surface area contributed by atoms with Crippen LogP contribution >= 0.6 is 0 Å². The van der Waals surface area contributed by atoms with Gasteiger partial charge in [-0.05, 0) is 113 Å². The van der Waals surface area contributed by atoms with E-state index in [9.17, 15) is 0 Å². The lowest BCUT2D eigenvalue weighted by atomic mass is 9.70. The normalized spacial score (nSPS) is 13.4. The monoisotopic (exact) mass is 773 g/mol. The molecule has 0 N–H and O–H groups in total. The van der Waals surface area contributed by atoms with Crippen molar-refractivity contribution in [3.8, 4) is 22.3 Å². The Kier molecular flexibility index (Phi) is 6.52. The van der Waals surface area contributed by atoms with Gasteiger partial charge in [-0.1, -0.05) is 170 Å². The van der Waals surface area contributed by atoms with Gasteiger partial charge in [0.1, 0.15) is 11.2 Å². The van der Waals surface area contributed by atoms with E-state index in [0.29, 0.717) is 0 Å². The molecule has 1 spiro atoms. The van der Waals surface area contributed by atoms with Gasteiger partial charge in [-0.25, -0.2) is 0 Å². The Balaban J connectivity index is 1.11. The third-order valence-electron chi connectivity index (χ3n) is 13.8. The summed E-state index contributed by atoms with van der Waals surface area (Å²) >= 11 is 0. The van der Waals surface area contributed by atoms with Crippen molar-refractivity contribution in [1.82, 2.24) is 0 Å². The number of nitrogens with zero attached hydrogens (tertiary/aromatic N) is 1. The second-order valence-electron chi connectivity index (χ2n) is 16.7. The van der Waals surface area contributed by atoms with Crippen LogP contribution in [0.2, 0.25) is 0 Å². The van der Waals surface area contributed by atoms with Gasteiger partial charge in [-0.15, -0.1) is 0 Å². The number of benzene rings is 11. The maximum atomic E-state index is 6.62. The average molecular weight is 774 g/mol. The fourth-order valence-electron chi connectivity index (χ4n) is 11.4. The van der Waals surface area contributed by atoms with Crippen LogP contribution in [-0.2, 0) is 5.41 Å². The Labute approximate surface area is 352 Å². The summed E-state index contributed by atoms with van der Waals surface area (Å²) in [7, 11) is 0. The van der Waals surface area contributed by atoms with Crippen molar-refractivity contribution in [2.45, 2.75) is 5.41 Å². The van der Waals surface area contributed by atoms with E-state index in [1.54, 1.807) is 0 Å². The van der Waals surface area contributed by atoms with Gasteiger partial charge in [0.25, 0.3) is 0 Å². The van der Waals surface area contributed by atoms with Crippen molar-refractivity contribution in [3.05, 3.63) is 235 Å². The zero-order chi connectivity index (χ0) is 39.8. The first-order chi connectivity index (χ1) is 30.3. The first kappa shape index (κ1) is 33.0. The third-order valence-corrected chi connectivity index (χ3v) is 13.8. The van der Waals surface area contributed by atoms with Gasteiger partial charge in [0, 0.05) is 39.0 Å². The van der Waals surface area contributed by atoms with Gasteiger partial charge in [0.15, 0.2) is 0 Å². The van der Waals surface area contributed by atoms with E-state index in [0.717, 1.165) is 39.0 Å². The van der Waals surface area contributed by atoms with Gasteiger partial charge in [0.05, 0.1) is 11.1 Å². The largest absolute Gasteiger partial charge is 0.456 e. The summed E-state index contributed by atoms with van der Waals surface area (Å²) in [5, 5.41) is 12.2. The molecule has 2 heteroatoms. The summed E-state index contributed by atoms with van der Waals surface area (Å²) in [5.74, 6) is 0. The highest BCUT2D eigenvalue weighted by molar-refractivity contribution is 6.30. The van der Waals surface area contributed by atoms with Crippen LogP contribution in [0.15, 0.2) is 217 Å². The maximum absolute atomic E-state index is 6.62. The molecule has 0 fully saturated rings. The fraction of sp³-hybridized carbons (Fsp3) is 0.0169. The van der Waals surface area contributed by atoms with E-state index in [1.807, 2.05) is 6.07 Å². The molecule has 0 radical (unpaired) electrons. The number of furan rings is 1. The molecule has 0 aliphatic heterocycles. The van der Waals surface area contributed by atoms with Crippen molar-refractivity contribution in [3.63, 3.8) is 0 Å². The summed E-state index contributed by atoms with van der Waals surface area (Å²) in [5.41, 5.74) is 15.0. The molecule has 0 unspecified atom stereocenters. The molecule has 1 heterocycles. The van der Waals surface area contributed by atoms with Crippen molar-refractivity contribution in [2.24, 2.45) is 0 Å². The molecule has 2 aliphatic rings. The van der Waals surface area contributed by atoms with Crippen molar-refractivity contribution >= 4 is 82.1 Å². The van der Waals surface area contributed by atoms with Gasteiger partial charge in [-0.3, -0.25) is 0 Å². The van der Waals surface area contributed by atoms with E-state index in [2.05, 4.69) is 211 Å². The number of hydrogen-bond donors (Lipinski definition) is 0. The number of hydrogen-bond acceptors (Lipinski definition) is 2. The lowest BCUT2D eigenvalue weighted by Crippen LogP contribution is -2.26. The standard InChI is InChI=1S/C59H35NO/c1-3-15-41-36(13-1)25-26-38-33-54(49-30-27-37-14-2-4-16-42(37)58(49)57(38)41)60(40-29-32-48-47-20-8-12-24-55(47)61-56(48)35-40)39-28-31-46-45-19-7-11-23-52(45)59(53(46)34-39)50-21-9-5-17-43(50)44-18-6-10-22-51(44)59/h1-35H. The van der Waals surface area contributed by atoms with Crippen LogP contribution in [0.25, 0.3) is 87.3 Å². The Bertz CT molecular complexity index is 3790. The third kappa shape index (κ3) is 4.31. The molecule has 1 aromatic heterocycles. The molecule has 0 atom stereocenters. The Morgan fingerprint density at radius 3 is 1.51 bits per heavy atom. The lowest BCUT2D eigenvalue weighted by Gasteiger charge is -2.32. The summed E-state index contributed by atoms with van der Waals surface area (Å²) < 4.78 is 6.62. The van der Waals surface area contributed by atoms with E-state index in [4.69, 9.17) is 4.42 Å². The molecule has 11 aromatic carbocycles.